The van der Waals surface area contributed by atoms with Gasteiger partial charge in [0.2, 0.25) is 0 Å². The van der Waals surface area contributed by atoms with Gasteiger partial charge in [-0.15, -0.1) is 4.83 Å². The van der Waals surface area contributed by atoms with Crippen LogP contribution in [0.25, 0.3) is 0 Å². The van der Waals surface area contributed by atoms with E-state index in [2.05, 4.69) is 4.83 Å². The first-order chi connectivity index (χ1) is 4.79. The van der Waals surface area contributed by atoms with E-state index in [0.717, 1.165) is 0 Å². The Morgan fingerprint density at radius 2 is 1.90 bits per heavy atom. The lowest BCUT2D eigenvalue weighted by molar-refractivity contribution is -0.636. The van der Waals surface area contributed by atoms with Crippen LogP contribution in [0.3, 0.4) is 0 Å². The van der Waals surface area contributed by atoms with E-state index < -0.39 is 11.3 Å². The van der Waals surface area contributed by atoms with Gasteiger partial charge in [-0.2, -0.15) is 0 Å². The number of aromatic nitrogens is 1. The van der Waals surface area contributed by atoms with Crippen molar-refractivity contribution in [2.45, 2.75) is 0 Å². The molecule has 0 amide bonds. The summed E-state index contributed by atoms with van der Waals surface area (Å²) in [7, 11) is 0. The van der Waals surface area contributed by atoms with Gasteiger partial charge in [0.15, 0.2) is 12.4 Å². The monoisotopic (exact) mass is 158 g/mol. The SMILES string of the molecule is O=S([O-])N[n+]1ccccc1. The van der Waals surface area contributed by atoms with Crippen molar-refractivity contribution in [2.24, 2.45) is 0 Å². The van der Waals surface area contributed by atoms with E-state index in [-0.39, 0.29) is 0 Å². The molecular formula is C5H6N2O2S. The predicted octanol–water partition coefficient (Wildman–Crippen LogP) is -0.688. The third kappa shape index (κ3) is 2.12. The first kappa shape index (κ1) is 7.17. The fourth-order valence-electron chi connectivity index (χ4n) is 0.546. The maximum Gasteiger partial charge on any atom is 0.200 e. The first-order valence-electron chi connectivity index (χ1n) is 2.61. The molecule has 1 aromatic rings. The maximum absolute atomic E-state index is 10.0. The molecule has 1 aromatic heterocycles. The Balaban J connectivity index is 2.67. The van der Waals surface area contributed by atoms with Crippen molar-refractivity contribution < 1.29 is 13.4 Å². The average Bonchev–Trinajstić information content (AvgIpc) is 1.88. The van der Waals surface area contributed by atoms with Crippen molar-refractivity contribution in [1.82, 2.24) is 0 Å². The molecule has 0 aromatic carbocycles. The summed E-state index contributed by atoms with van der Waals surface area (Å²) in [4.78, 5) is 2.14. The second kappa shape index (κ2) is 3.28. The van der Waals surface area contributed by atoms with Crippen LogP contribution in [-0.4, -0.2) is 8.76 Å². The molecule has 5 heteroatoms. The smallest absolute Gasteiger partial charge is 0.200 e. The number of pyridine rings is 1. The van der Waals surface area contributed by atoms with Crippen LogP contribution >= 0.6 is 0 Å². The second-order valence-corrected chi connectivity index (χ2v) is 2.26. The third-order valence-electron chi connectivity index (χ3n) is 0.896. The maximum atomic E-state index is 10.0. The fraction of sp³-hybridized carbons (Fsp3) is 0. The number of hydrogen-bond acceptors (Lipinski definition) is 2. The van der Waals surface area contributed by atoms with E-state index in [4.69, 9.17) is 0 Å². The molecule has 0 bridgehead atoms. The summed E-state index contributed by atoms with van der Waals surface area (Å²) in [6, 6.07) is 5.24. The largest absolute Gasteiger partial charge is 0.751 e. The zero-order chi connectivity index (χ0) is 7.40. The van der Waals surface area contributed by atoms with Gasteiger partial charge in [-0.3, -0.25) is 0 Å². The minimum Gasteiger partial charge on any atom is -0.751 e. The molecule has 0 radical (unpaired) electrons. The standard InChI is InChI=1S/C5H6N2O2S/c8-10(9)6-7-4-2-1-3-5-7/h1-6H. The summed E-state index contributed by atoms with van der Waals surface area (Å²) in [6.45, 7) is 0. The molecule has 54 valence electrons. The lowest BCUT2D eigenvalue weighted by Gasteiger charge is -2.00. The molecule has 1 unspecified atom stereocenters. The van der Waals surface area contributed by atoms with E-state index in [0.29, 0.717) is 0 Å². The van der Waals surface area contributed by atoms with Crippen LogP contribution in [0.4, 0.5) is 0 Å². The van der Waals surface area contributed by atoms with E-state index in [1.807, 2.05) is 0 Å². The van der Waals surface area contributed by atoms with E-state index >= 15 is 0 Å². The average molecular weight is 158 g/mol. The highest BCUT2D eigenvalue weighted by Gasteiger charge is 1.91. The summed E-state index contributed by atoms with van der Waals surface area (Å²) >= 11 is -2.25. The van der Waals surface area contributed by atoms with E-state index in [1.165, 1.54) is 4.68 Å². The molecule has 1 atom stereocenters. The van der Waals surface area contributed by atoms with Gasteiger partial charge >= 0.3 is 0 Å². The van der Waals surface area contributed by atoms with Crippen LogP contribution in [0.2, 0.25) is 0 Å². The molecule has 0 spiro atoms. The Morgan fingerprint density at radius 1 is 1.30 bits per heavy atom. The van der Waals surface area contributed by atoms with Gasteiger partial charge in [-0.1, -0.05) is 10.7 Å². The van der Waals surface area contributed by atoms with Gasteiger partial charge in [0.25, 0.3) is 0 Å². The van der Waals surface area contributed by atoms with Crippen molar-refractivity contribution in [1.29, 1.82) is 0 Å². The lowest BCUT2D eigenvalue weighted by Crippen LogP contribution is -2.44. The predicted molar refractivity (Wildman–Crippen MR) is 34.9 cm³/mol. The van der Waals surface area contributed by atoms with Crippen molar-refractivity contribution in [2.75, 3.05) is 4.83 Å². The van der Waals surface area contributed by atoms with Crippen LogP contribution in [-0.2, 0) is 11.3 Å². The van der Waals surface area contributed by atoms with Crippen molar-refractivity contribution in [3.63, 3.8) is 0 Å². The summed E-state index contributed by atoms with van der Waals surface area (Å²) in [5.41, 5.74) is 0. The molecule has 0 saturated carbocycles. The number of nitrogens with one attached hydrogen (secondary N) is 1. The third-order valence-corrected chi connectivity index (χ3v) is 1.26. The minimum atomic E-state index is -2.25. The van der Waals surface area contributed by atoms with Gasteiger partial charge in [-0.25, -0.2) is 4.21 Å². The molecule has 0 saturated heterocycles. The second-order valence-electron chi connectivity index (χ2n) is 1.61. The quantitative estimate of drug-likeness (QED) is 0.457. The van der Waals surface area contributed by atoms with Crippen molar-refractivity contribution in [3.8, 4) is 0 Å². The Labute approximate surface area is 60.9 Å². The van der Waals surface area contributed by atoms with Crippen LogP contribution in [0.1, 0.15) is 0 Å². The minimum absolute atomic E-state index is 1.34. The van der Waals surface area contributed by atoms with Crippen LogP contribution in [0, 0.1) is 0 Å². The highest BCUT2D eigenvalue weighted by Crippen LogP contribution is 1.74. The summed E-state index contributed by atoms with van der Waals surface area (Å²) in [5, 5.41) is 0. The Bertz CT molecular complexity index is 226. The zero-order valence-electron chi connectivity index (χ0n) is 5.06. The Morgan fingerprint density at radius 3 is 2.40 bits per heavy atom. The molecular weight excluding hydrogens is 152 g/mol. The molecule has 1 heterocycles. The Hall–Kier alpha value is -0.940. The number of rotatable bonds is 2. The van der Waals surface area contributed by atoms with Gasteiger partial charge in [-0.05, 0) is 0 Å². The summed E-state index contributed by atoms with van der Waals surface area (Å²) < 4.78 is 21.4. The van der Waals surface area contributed by atoms with Crippen molar-refractivity contribution in [3.05, 3.63) is 30.6 Å². The molecule has 0 fully saturated rings. The highest BCUT2D eigenvalue weighted by atomic mass is 32.2. The first-order valence-corrected chi connectivity index (χ1v) is 3.69. The van der Waals surface area contributed by atoms with Gasteiger partial charge in [0.1, 0.15) is 0 Å². The topological polar surface area (TPSA) is 56.0 Å². The fourth-order valence-corrected chi connectivity index (χ4v) is 0.839. The molecule has 10 heavy (non-hydrogen) atoms. The number of nitrogens with zero attached hydrogens (tertiary/aromatic N) is 1. The van der Waals surface area contributed by atoms with E-state index in [9.17, 15) is 8.76 Å². The summed E-state index contributed by atoms with van der Waals surface area (Å²) in [5.74, 6) is 0. The Kier molecular flexibility index (Phi) is 2.35. The zero-order valence-corrected chi connectivity index (χ0v) is 5.88. The van der Waals surface area contributed by atoms with Crippen LogP contribution in [0.5, 0.6) is 0 Å². The molecule has 0 aliphatic carbocycles. The van der Waals surface area contributed by atoms with E-state index in [1.54, 1.807) is 30.6 Å². The lowest BCUT2D eigenvalue weighted by atomic mass is 10.5. The molecule has 0 aliphatic rings. The summed E-state index contributed by atoms with van der Waals surface area (Å²) in [6.07, 6.45) is 3.19. The van der Waals surface area contributed by atoms with Crippen molar-refractivity contribution >= 4 is 11.3 Å². The van der Waals surface area contributed by atoms with Gasteiger partial charge < -0.3 is 4.55 Å². The molecule has 1 rings (SSSR count). The number of hydrogen-bond donors (Lipinski definition) is 1. The molecule has 4 nitrogen and oxygen atoms in total. The van der Waals surface area contributed by atoms with Gasteiger partial charge in [0, 0.05) is 12.1 Å². The molecule has 0 aliphatic heterocycles. The van der Waals surface area contributed by atoms with Gasteiger partial charge in [0.05, 0.1) is 11.3 Å². The van der Waals surface area contributed by atoms with Crippen LogP contribution < -0.4 is 9.51 Å². The molecule has 1 N–H and O–H groups in total. The van der Waals surface area contributed by atoms with Crippen LogP contribution in [0.15, 0.2) is 30.6 Å². The highest BCUT2D eigenvalue weighted by molar-refractivity contribution is 7.79. The normalized spacial score (nSPS) is 12.5.